The highest BCUT2D eigenvalue weighted by atomic mass is 16.3. The van der Waals surface area contributed by atoms with Crippen molar-refractivity contribution in [3.05, 3.63) is 18.2 Å². The Bertz CT molecular complexity index is 342. The van der Waals surface area contributed by atoms with E-state index in [9.17, 15) is 5.11 Å². The molecule has 1 heterocycles. The van der Waals surface area contributed by atoms with Gasteiger partial charge in [0.2, 0.25) is 0 Å². The number of nitrogens with two attached hydrogens (primary N) is 1. The highest BCUT2D eigenvalue weighted by molar-refractivity contribution is 5.09. The largest absolute Gasteiger partial charge is 0.386 e. The van der Waals surface area contributed by atoms with Crippen molar-refractivity contribution >= 4 is 0 Å². The third-order valence-corrected chi connectivity index (χ3v) is 3.95. The van der Waals surface area contributed by atoms with Crippen LogP contribution in [0.15, 0.2) is 12.5 Å². The zero-order valence-electron chi connectivity index (χ0n) is 9.89. The molecule has 4 heteroatoms. The van der Waals surface area contributed by atoms with Gasteiger partial charge in [-0.2, -0.15) is 0 Å². The molecule has 0 aliphatic heterocycles. The Balaban J connectivity index is 2.26. The van der Waals surface area contributed by atoms with Gasteiger partial charge in [-0.3, -0.25) is 0 Å². The molecule has 0 aromatic carbocycles. The maximum absolute atomic E-state index is 10.5. The summed E-state index contributed by atoms with van der Waals surface area (Å²) < 4.78 is 2.00. The number of aryl methyl sites for hydroxylation is 1. The Morgan fingerprint density at radius 2 is 2.25 bits per heavy atom. The number of hydrogen-bond donors (Lipinski definition) is 2. The predicted molar refractivity (Wildman–Crippen MR) is 62.8 cm³/mol. The maximum Gasteiger partial charge on any atom is 0.102 e. The summed E-state index contributed by atoms with van der Waals surface area (Å²) in [4.78, 5) is 4.11. The van der Waals surface area contributed by atoms with Gasteiger partial charge < -0.3 is 15.4 Å². The van der Waals surface area contributed by atoms with Gasteiger partial charge in [0, 0.05) is 18.5 Å². The molecule has 2 rings (SSSR count). The summed E-state index contributed by atoms with van der Waals surface area (Å²) in [6.07, 6.45) is 7.48. The maximum atomic E-state index is 10.5. The first kappa shape index (κ1) is 11.6. The van der Waals surface area contributed by atoms with Gasteiger partial charge in [-0.05, 0) is 19.8 Å². The van der Waals surface area contributed by atoms with Crippen molar-refractivity contribution in [1.82, 2.24) is 9.55 Å². The Labute approximate surface area is 96.5 Å². The second-order valence-corrected chi connectivity index (χ2v) is 4.78. The Morgan fingerprint density at radius 3 is 2.81 bits per heavy atom. The summed E-state index contributed by atoms with van der Waals surface area (Å²) >= 11 is 0. The van der Waals surface area contributed by atoms with E-state index in [0.29, 0.717) is 6.54 Å². The minimum atomic E-state index is -0.470. The number of aliphatic hydroxyl groups excluding tert-OH is 1. The average Bonchev–Trinajstić information content (AvgIpc) is 2.97. The van der Waals surface area contributed by atoms with Crippen LogP contribution in [0.1, 0.15) is 44.4 Å². The van der Waals surface area contributed by atoms with Gasteiger partial charge in [0.25, 0.3) is 0 Å². The molecule has 0 spiro atoms. The lowest BCUT2D eigenvalue weighted by atomic mass is 9.79. The lowest BCUT2D eigenvalue weighted by Gasteiger charge is -2.33. The third kappa shape index (κ3) is 1.76. The molecular formula is C12H21N3O. The molecule has 1 atom stereocenters. The second kappa shape index (κ2) is 4.55. The minimum Gasteiger partial charge on any atom is -0.386 e. The first-order valence-corrected chi connectivity index (χ1v) is 6.11. The molecule has 1 unspecified atom stereocenters. The first-order chi connectivity index (χ1) is 7.73. The fraction of sp³-hybridized carbons (Fsp3) is 0.750. The Kier molecular flexibility index (Phi) is 3.30. The van der Waals surface area contributed by atoms with Crippen LogP contribution >= 0.6 is 0 Å². The molecule has 1 aliphatic carbocycles. The van der Waals surface area contributed by atoms with Gasteiger partial charge >= 0.3 is 0 Å². The fourth-order valence-corrected chi connectivity index (χ4v) is 2.80. The predicted octanol–water partition coefficient (Wildman–Crippen LogP) is 1.46. The van der Waals surface area contributed by atoms with E-state index in [1.165, 1.54) is 12.8 Å². The van der Waals surface area contributed by atoms with Crippen LogP contribution in [0.4, 0.5) is 0 Å². The van der Waals surface area contributed by atoms with Gasteiger partial charge in [0.1, 0.15) is 6.10 Å². The molecule has 1 fully saturated rings. The molecule has 3 N–H and O–H groups in total. The van der Waals surface area contributed by atoms with Gasteiger partial charge in [0.05, 0.1) is 18.2 Å². The number of hydrogen-bond acceptors (Lipinski definition) is 3. The minimum absolute atomic E-state index is 0.118. The molecule has 1 aromatic heterocycles. The number of aliphatic hydroxyl groups is 1. The van der Waals surface area contributed by atoms with Crippen molar-refractivity contribution in [3.63, 3.8) is 0 Å². The Hall–Kier alpha value is -0.870. The molecule has 0 saturated heterocycles. The Morgan fingerprint density at radius 1 is 1.56 bits per heavy atom. The van der Waals surface area contributed by atoms with E-state index in [2.05, 4.69) is 11.9 Å². The molecule has 4 nitrogen and oxygen atoms in total. The highest BCUT2D eigenvalue weighted by Crippen LogP contribution is 2.46. The third-order valence-electron chi connectivity index (χ3n) is 3.95. The van der Waals surface area contributed by atoms with E-state index >= 15 is 0 Å². The van der Waals surface area contributed by atoms with Crippen LogP contribution in [0, 0.1) is 5.41 Å². The van der Waals surface area contributed by atoms with Crippen LogP contribution < -0.4 is 5.73 Å². The van der Waals surface area contributed by atoms with Crippen LogP contribution in [-0.4, -0.2) is 21.2 Å². The van der Waals surface area contributed by atoms with Gasteiger partial charge in [0.15, 0.2) is 0 Å². The van der Waals surface area contributed by atoms with E-state index < -0.39 is 6.10 Å². The standard InChI is InChI=1S/C12H21N3O/c1-2-15-9-14-7-10(15)11(16)12(8-13)5-3-4-6-12/h7,9,11,16H,2-6,8,13H2,1H3. The van der Waals surface area contributed by atoms with E-state index in [-0.39, 0.29) is 5.41 Å². The van der Waals surface area contributed by atoms with Gasteiger partial charge in [-0.15, -0.1) is 0 Å². The summed E-state index contributed by atoms with van der Waals surface area (Å²) in [5.41, 5.74) is 6.67. The molecule has 0 radical (unpaired) electrons. The fourth-order valence-electron chi connectivity index (χ4n) is 2.80. The topological polar surface area (TPSA) is 64.1 Å². The summed E-state index contributed by atoms with van der Waals surface area (Å²) in [6, 6.07) is 0. The number of nitrogens with zero attached hydrogens (tertiary/aromatic N) is 2. The molecular weight excluding hydrogens is 202 g/mol. The van der Waals surface area contributed by atoms with E-state index in [0.717, 1.165) is 25.1 Å². The quantitative estimate of drug-likeness (QED) is 0.812. The van der Waals surface area contributed by atoms with Crippen molar-refractivity contribution in [3.8, 4) is 0 Å². The summed E-state index contributed by atoms with van der Waals surface area (Å²) in [5, 5.41) is 10.5. The number of rotatable bonds is 4. The van der Waals surface area contributed by atoms with Crippen LogP contribution in [-0.2, 0) is 6.54 Å². The zero-order chi connectivity index (χ0) is 11.6. The normalized spacial score (nSPS) is 21.2. The van der Waals surface area contributed by atoms with Gasteiger partial charge in [-0.1, -0.05) is 12.8 Å². The first-order valence-electron chi connectivity index (χ1n) is 6.11. The summed E-state index contributed by atoms with van der Waals surface area (Å²) in [6.45, 7) is 3.46. The summed E-state index contributed by atoms with van der Waals surface area (Å²) in [7, 11) is 0. The average molecular weight is 223 g/mol. The molecule has 90 valence electrons. The second-order valence-electron chi connectivity index (χ2n) is 4.78. The monoisotopic (exact) mass is 223 g/mol. The smallest absolute Gasteiger partial charge is 0.102 e. The van der Waals surface area contributed by atoms with Crippen LogP contribution in [0.5, 0.6) is 0 Å². The van der Waals surface area contributed by atoms with Crippen molar-refractivity contribution < 1.29 is 5.11 Å². The molecule has 1 aliphatic rings. The SMILES string of the molecule is CCn1cncc1C(O)C1(CN)CCCC1. The highest BCUT2D eigenvalue weighted by Gasteiger charge is 2.41. The lowest BCUT2D eigenvalue weighted by Crippen LogP contribution is -2.35. The zero-order valence-corrected chi connectivity index (χ0v) is 9.89. The van der Waals surface area contributed by atoms with Crippen molar-refractivity contribution in [1.29, 1.82) is 0 Å². The summed E-state index contributed by atoms with van der Waals surface area (Å²) in [5.74, 6) is 0. The van der Waals surface area contributed by atoms with Gasteiger partial charge in [-0.25, -0.2) is 4.98 Å². The van der Waals surface area contributed by atoms with Crippen LogP contribution in [0.2, 0.25) is 0 Å². The number of aromatic nitrogens is 2. The van der Waals surface area contributed by atoms with E-state index in [1.54, 1.807) is 12.5 Å². The van der Waals surface area contributed by atoms with E-state index in [4.69, 9.17) is 5.73 Å². The molecule has 0 bridgehead atoms. The molecule has 0 amide bonds. The van der Waals surface area contributed by atoms with Crippen molar-refractivity contribution in [2.24, 2.45) is 11.1 Å². The van der Waals surface area contributed by atoms with Crippen molar-refractivity contribution in [2.45, 2.75) is 45.3 Å². The van der Waals surface area contributed by atoms with Crippen molar-refractivity contribution in [2.75, 3.05) is 6.54 Å². The number of imidazole rings is 1. The lowest BCUT2D eigenvalue weighted by molar-refractivity contribution is 0.0273. The van der Waals surface area contributed by atoms with Crippen LogP contribution in [0.3, 0.4) is 0 Å². The molecule has 1 aromatic rings. The molecule has 1 saturated carbocycles. The molecule has 16 heavy (non-hydrogen) atoms. The van der Waals surface area contributed by atoms with Crippen LogP contribution in [0.25, 0.3) is 0 Å². The van der Waals surface area contributed by atoms with E-state index in [1.807, 2.05) is 4.57 Å².